The molecule has 5 heteroatoms. The average molecular weight is 340 g/mol. The van der Waals surface area contributed by atoms with E-state index in [2.05, 4.69) is 41.3 Å². The van der Waals surface area contributed by atoms with Crippen molar-refractivity contribution in [3.05, 3.63) is 53.9 Å². The molecule has 1 aromatic heterocycles. The van der Waals surface area contributed by atoms with E-state index in [1.165, 1.54) is 5.56 Å². The van der Waals surface area contributed by atoms with Gasteiger partial charge in [0.05, 0.1) is 0 Å². The van der Waals surface area contributed by atoms with Crippen LogP contribution in [0.25, 0.3) is 0 Å². The number of anilines is 2. The molecule has 25 heavy (non-hydrogen) atoms. The summed E-state index contributed by atoms with van der Waals surface area (Å²) in [6.07, 6.45) is 1.65. The molecule has 1 heterocycles. The van der Waals surface area contributed by atoms with Crippen LogP contribution in [-0.2, 0) is 5.41 Å². The van der Waals surface area contributed by atoms with Crippen molar-refractivity contribution in [3.63, 3.8) is 0 Å². The summed E-state index contributed by atoms with van der Waals surface area (Å²) in [5.41, 5.74) is 3.39. The summed E-state index contributed by atoms with van der Waals surface area (Å²) in [6.45, 7) is 8.23. The van der Waals surface area contributed by atoms with Crippen molar-refractivity contribution in [2.45, 2.75) is 26.2 Å². The topological polar surface area (TPSA) is 57.3 Å². The smallest absolute Gasteiger partial charge is 0.274 e. The Bertz CT molecular complexity index is 702. The number of aromatic nitrogens is 1. The standard InChI is InChI=1S/C20H28N4O/c1-20(2,3)15-6-8-16(9-7-15)23-19(25)18-14-17(10-11-22-18)21-12-13-24(4)5/h6-11,14H,12-13H2,1-5H3,(H,21,22)(H,23,25). The number of likely N-dealkylation sites (N-methyl/N-ethyl adjacent to an activating group) is 1. The zero-order valence-electron chi connectivity index (χ0n) is 15.8. The highest BCUT2D eigenvalue weighted by atomic mass is 16.1. The van der Waals surface area contributed by atoms with Crippen LogP contribution in [0.15, 0.2) is 42.6 Å². The molecule has 2 N–H and O–H groups in total. The Balaban J connectivity index is 2.00. The molecule has 134 valence electrons. The molecule has 0 radical (unpaired) electrons. The van der Waals surface area contributed by atoms with Gasteiger partial charge < -0.3 is 15.5 Å². The number of carbonyl (C=O) groups excluding carboxylic acids is 1. The first kappa shape index (κ1) is 18.9. The van der Waals surface area contributed by atoms with Crippen molar-refractivity contribution in [2.75, 3.05) is 37.8 Å². The van der Waals surface area contributed by atoms with Crippen LogP contribution in [0, 0.1) is 0 Å². The van der Waals surface area contributed by atoms with Crippen LogP contribution in [0.3, 0.4) is 0 Å². The van der Waals surface area contributed by atoms with Gasteiger partial charge in [-0.25, -0.2) is 0 Å². The highest BCUT2D eigenvalue weighted by Crippen LogP contribution is 2.23. The number of benzene rings is 1. The highest BCUT2D eigenvalue weighted by Gasteiger charge is 2.14. The van der Waals surface area contributed by atoms with E-state index in [4.69, 9.17) is 0 Å². The van der Waals surface area contributed by atoms with Crippen LogP contribution in [0.4, 0.5) is 11.4 Å². The summed E-state index contributed by atoms with van der Waals surface area (Å²) < 4.78 is 0. The summed E-state index contributed by atoms with van der Waals surface area (Å²) in [7, 11) is 4.05. The zero-order valence-corrected chi connectivity index (χ0v) is 15.8. The largest absolute Gasteiger partial charge is 0.384 e. The fraction of sp³-hybridized carbons (Fsp3) is 0.400. The van der Waals surface area contributed by atoms with Gasteiger partial charge in [-0.05, 0) is 49.3 Å². The lowest BCUT2D eigenvalue weighted by atomic mass is 9.87. The number of rotatable bonds is 6. The second-order valence-electron chi connectivity index (χ2n) is 7.44. The average Bonchev–Trinajstić information content (AvgIpc) is 2.54. The van der Waals surface area contributed by atoms with Gasteiger partial charge in [0.1, 0.15) is 5.69 Å². The summed E-state index contributed by atoms with van der Waals surface area (Å²) in [6, 6.07) is 11.6. The molecule has 0 bridgehead atoms. The Morgan fingerprint density at radius 1 is 1.08 bits per heavy atom. The molecule has 1 amide bonds. The first-order valence-electron chi connectivity index (χ1n) is 8.52. The van der Waals surface area contributed by atoms with Gasteiger partial charge in [0, 0.05) is 30.7 Å². The fourth-order valence-electron chi connectivity index (χ4n) is 2.34. The summed E-state index contributed by atoms with van der Waals surface area (Å²) in [5.74, 6) is -0.209. The van der Waals surface area contributed by atoms with E-state index in [0.29, 0.717) is 5.69 Å². The van der Waals surface area contributed by atoms with Crippen molar-refractivity contribution >= 4 is 17.3 Å². The van der Waals surface area contributed by atoms with E-state index in [1.54, 1.807) is 12.3 Å². The number of hydrogen-bond acceptors (Lipinski definition) is 4. The predicted molar refractivity (Wildman–Crippen MR) is 104 cm³/mol. The monoisotopic (exact) mass is 340 g/mol. The molecule has 0 aliphatic rings. The Morgan fingerprint density at radius 3 is 2.36 bits per heavy atom. The molecular weight excluding hydrogens is 312 g/mol. The molecule has 1 aromatic carbocycles. The van der Waals surface area contributed by atoms with E-state index in [9.17, 15) is 4.79 Å². The molecule has 0 atom stereocenters. The van der Waals surface area contributed by atoms with Crippen molar-refractivity contribution in [2.24, 2.45) is 0 Å². The van der Waals surface area contributed by atoms with Gasteiger partial charge in [-0.1, -0.05) is 32.9 Å². The minimum absolute atomic E-state index is 0.0939. The number of carbonyl (C=O) groups is 1. The van der Waals surface area contributed by atoms with Crippen LogP contribution >= 0.6 is 0 Å². The third-order valence-electron chi connectivity index (χ3n) is 3.89. The lowest BCUT2D eigenvalue weighted by Gasteiger charge is -2.19. The van der Waals surface area contributed by atoms with E-state index < -0.39 is 0 Å². The SMILES string of the molecule is CN(C)CCNc1ccnc(C(=O)Nc2ccc(C(C)(C)C)cc2)c1. The minimum atomic E-state index is -0.209. The molecule has 2 aromatic rings. The second-order valence-corrected chi connectivity index (χ2v) is 7.44. The highest BCUT2D eigenvalue weighted by molar-refractivity contribution is 6.03. The molecule has 0 spiro atoms. The predicted octanol–water partition coefficient (Wildman–Crippen LogP) is 3.60. The molecule has 0 saturated heterocycles. The Morgan fingerprint density at radius 2 is 1.76 bits per heavy atom. The van der Waals surface area contributed by atoms with Crippen LogP contribution in [-0.4, -0.2) is 43.0 Å². The van der Waals surface area contributed by atoms with Gasteiger partial charge >= 0.3 is 0 Å². The maximum Gasteiger partial charge on any atom is 0.274 e. The van der Waals surface area contributed by atoms with Gasteiger partial charge in [0.25, 0.3) is 5.91 Å². The van der Waals surface area contributed by atoms with Gasteiger partial charge in [0.15, 0.2) is 0 Å². The molecule has 2 rings (SSSR count). The number of pyridine rings is 1. The molecule has 5 nitrogen and oxygen atoms in total. The number of nitrogens with zero attached hydrogens (tertiary/aromatic N) is 2. The molecule has 0 fully saturated rings. The fourth-order valence-corrected chi connectivity index (χ4v) is 2.34. The zero-order chi connectivity index (χ0) is 18.4. The normalized spacial score (nSPS) is 11.4. The lowest BCUT2D eigenvalue weighted by Crippen LogP contribution is -2.21. The first-order chi connectivity index (χ1) is 11.8. The third-order valence-corrected chi connectivity index (χ3v) is 3.89. The Kier molecular flexibility index (Phi) is 6.15. The molecule has 0 saturated carbocycles. The third kappa shape index (κ3) is 5.87. The number of hydrogen-bond donors (Lipinski definition) is 2. The van der Waals surface area contributed by atoms with Gasteiger partial charge in [0.2, 0.25) is 0 Å². The number of amides is 1. The van der Waals surface area contributed by atoms with Gasteiger partial charge in [-0.2, -0.15) is 0 Å². The van der Waals surface area contributed by atoms with E-state index in [1.807, 2.05) is 44.4 Å². The maximum absolute atomic E-state index is 12.4. The van der Waals surface area contributed by atoms with E-state index in [-0.39, 0.29) is 11.3 Å². The lowest BCUT2D eigenvalue weighted by molar-refractivity contribution is 0.102. The van der Waals surface area contributed by atoms with Crippen molar-refractivity contribution in [1.29, 1.82) is 0 Å². The molecular formula is C20H28N4O. The summed E-state index contributed by atoms with van der Waals surface area (Å²) in [5, 5.41) is 6.20. The van der Waals surface area contributed by atoms with Crippen LogP contribution in [0.2, 0.25) is 0 Å². The quantitative estimate of drug-likeness (QED) is 0.843. The van der Waals surface area contributed by atoms with Crippen LogP contribution in [0.5, 0.6) is 0 Å². The summed E-state index contributed by atoms with van der Waals surface area (Å²) >= 11 is 0. The molecule has 0 unspecified atom stereocenters. The van der Waals surface area contributed by atoms with E-state index >= 15 is 0 Å². The Labute approximate surface area is 150 Å². The summed E-state index contributed by atoms with van der Waals surface area (Å²) in [4.78, 5) is 18.7. The van der Waals surface area contributed by atoms with Gasteiger partial charge in [-0.15, -0.1) is 0 Å². The second kappa shape index (κ2) is 8.12. The number of nitrogens with one attached hydrogen (secondary N) is 2. The van der Waals surface area contributed by atoms with Crippen molar-refractivity contribution < 1.29 is 4.79 Å². The van der Waals surface area contributed by atoms with Crippen molar-refractivity contribution in [3.8, 4) is 0 Å². The maximum atomic E-state index is 12.4. The first-order valence-corrected chi connectivity index (χ1v) is 8.52. The van der Waals surface area contributed by atoms with Crippen molar-refractivity contribution in [1.82, 2.24) is 9.88 Å². The van der Waals surface area contributed by atoms with Crippen LogP contribution < -0.4 is 10.6 Å². The van der Waals surface area contributed by atoms with Gasteiger partial charge in [-0.3, -0.25) is 9.78 Å². The Hall–Kier alpha value is -2.40. The molecule has 0 aliphatic carbocycles. The van der Waals surface area contributed by atoms with E-state index in [0.717, 1.165) is 24.5 Å². The minimum Gasteiger partial charge on any atom is -0.384 e. The van der Waals surface area contributed by atoms with Crippen LogP contribution in [0.1, 0.15) is 36.8 Å². The molecule has 0 aliphatic heterocycles.